The Hall–Kier alpha value is -2.66. The van der Waals surface area contributed by atoms with Crippen LogP contribution in [0.25, 0.3) is 0 Å². The first-order valence-electron chi connectivity index (χ1n) is 8.64. The van der Waals surface area contributed by atoms with E-state index in [-0.39, 0.29) is 24.5 Å². The molecule has 0 saturated carbocycles. The molecule has 0 saturated heterocycles. The van der Waals surface area contributed by atoms with E-state index >= 15 is 0 Å². The van der Waals surface area contributed by atoms with Gasteiger partial charge in [-0.3, -0.25) is 14.9 Å². The predicted molar refractivity (Wildman–Crippen MR) is 96.8 cm³/mol. The van der Waals surface area contributed by atoms with E-state index in [9.17, 15) is 9.59 Å². The summed E-state index contributed by atoms with van der Waals surface area (Å²) in [6.07, 6.45) is 0.629. The molecule has 2 N–H and O–H groups in total. The largest absolute Gasteiger partial charge is 0.351 e. The summed E-state index contributed by atoms with van der Waals surface area (Å²) in [4.78, 5) is 26.5. The lowest BCUT2D eigenvalue weighted by atomic mass is 10.1. The molecule has 130 valence electrons. The van der Waals surface area contributed by atoms with Gasteiger partial charge >= 0.3 is 0 Å². The van der Waals surface area contributed by atoms with Crippen LogP contribution in [0.3, 0.4) is 0 Å². The number of amides is 2. The quantitative estimate of drug-likeness (QED) is 0.816. The van der Waals surface area contributed by atoms with E-state index in [1.165, 1.54) is 0 Å². The summed E-state index contributed by atoms with van der Waals surface area (Å²) >= 11 is 0. The minimum atomic E-state index is -0.244. The van der Waals surface area contributed by atoms with E-state index in [0.29, 0.717) is 13.1 Å². The van der Waals surface area contributed by atoms with E-state index in [4.69, 9.17) is 0 Å². The lowest BCUT2D eigenvalue weighted by molar-refractivity contribution is -0.120. The molecular weight excluding hydrogens is 314 g/mol. The number of carbonyl (C=O) groups is 2. The maximum absolute atomic E-state index is 12.5. The fourth-order valence-electron chi connectivity index (χ4n) is 3.11. The Bertz CT molecular complexity index is 746. The minimum absolute atomic E-state index is 0.0274. The number of nitrogens with one attached hydrogen (secondary N) is 2. The topological polar surface area (TPSA) is 61.4 Å². The van der Waals surface area contributed by atoms with Gasteiger partial charge in [0.1, 0.15) is 6.17 Å². The number of rotatable bonds is 7. The summed E-state index contributed by atoms with van der Waals surface area (Å²) in [6, 6.07) is 17.4. The molecule has 25 heavy (non-hydrogen) atoms. The summed E-state index contributed by atoms with van der Waals surface area (Å²) in [5.74, 6) is -0.0585. The zero-order valence-electron chi connectivity index (χ0n) is 14.4. The Morgan fingerprint density at radius 1 is 1.08 bits per heavy atom. The van der Waals surface area contributed by atoms with Gasteiger partial charge < -0.3 is 10.2 Å². The highest BCUT2D eigenvalue weighted by molar-refractivity contribution is 5.99. The summed E-state index contributed by atoms with van der Waals surface area (Å²) in [6.45, 7) is 3.37. The fourth-order valence-corrected chi connectivity index (χ4v) is 3.11. The molecule has 0 unspecified atom stereocenters. The molecule has 0 aliphatic carbocycles. The molecular formula is C20H23N3O2. The molecule has 0 bridgehead atoms. The van der Waals surface area contributed by atoms with Crippen molar-refractivity contribution in [3.8, 4) is 0 Å². The van der Waals surface area contributed by atoms with Crippen LogP contribution in [0.5, 0.6) is 0 Å². The second kappa shape index (κ2) is 7.94. The van der Waals surface area contributed by atoms with Crippen molar-refractivity contribution < 1.29 is 9.59 Å². The molecule has 1 atom stereocenters. The molecule has 5 nitrogen and oxygen atoms in total. The summed E-state index contributed by atoms with van der Waals surface area (Å²) in [5, 5.41) is 6.13. The number of fused-ring (bicyclic) bond motifs is 1. The van der Waals surface area contributed by atoms with E-state index in [1.807, 2.05) is 61.5 Å². The molecule has 3 rings (SSSR count). The number of hydrogen-bond donors (Lipinski definition) is 2. The molecule has 2 aromatic rings. The summed E-state index contributed by atoms with van der Waals surface area (Å²) < 4.78 is 0. The van der Waals surface area contributed by atoms with Crippen molar-refractivity contribution in [2.45, 2.75) is 26.1 Å². The molecule has 1 aliphatic rings. The SMILES string of the molecule is CCCN1C(=O)c2ccccc2[C@H]1NCC(=O)NCc1ccccc1. The lowest BCUT2D eigenvalue weighted by Gasteiger charge is -2.25. The third kappa shape index (κ3) is 3.88. The average molecular weight is 337 g/mol. The number of benzene rings is 2. The van der Waals surface area contributed by atoms with Crippen molar-refractivity contribution in [3.05, 3.63) is 71.3 Å². The van der Waals surface area contributed by atoms with E-state index in [1.54, 1.807) is 4.90 Å². The Balaban J connectivity index is 1.60. The van der Waals surface area contributed by atoms with Crippen LogP contribution in [0.15, 0.2) is 54.6 Å². The van der Waals surface area contributed by atoms with Crippen molar-refractivity contribution in [2.24, 2.45) is 0 Å². The highest BCUT2D eigenvalue weighted by Gasteiger charge is 2.35. The Kier molecular flexibility index (Phi) is 5.46. The average Bonchev–Trinajstić information content (AvgIpc) is 2.92. The van der Waals surface area contributed by atoms with Gasteiger partial charge in [-0.2, -0.15) is 0 Å². The van der Waals surface area contributed by atoms with Gasteiger partial charge in [0.25, 0.3) is 5.91 Å². The monoisotopic (exact) mass is 337 g/mol. The Morgan fingerprint density at radius 3 is 2.56 bits per heavy atom. The number of nitrogens with zero attached hydrogens (tertiary/aromatic N) is 1. The van der Waals surface area contributed by atoms with Crippen molar-refractivity contribution >= 4 is 11.8 Å². The lowest BCUT2D eigenvalue weighted by Crippen LogP contribution is -2.42. The second-order valence-corrected chi connectivity index (χ2v) is 6.13. The summed E-state index contributed by atoms with van der Waals surface area (Å²) in [5.41, 5.74) is 2.72. The molecule has 1 heterocycles. The smallest absolute Gasteiger partial charge is 0.255 e. The van der Waals surface area contributed by atoms with Gasteiger partial charge in [-0.15, -0.1) is 0 Å². The number of carbonyl (C=O) groups excluding carboxylic acids is 2. The molecule has 0 radical (unpaired) electrons. The van der Waals surface area contributed by atoms with Gasteiger partial charge in [0.05, 0.1) is 6.54 Å². The standard InChI is InChI=1S/C20H23N3O2/c1-2-12-23-19(16-10-6-7-11-17(16)20(23)25)22-14-18(24)21-13-15-8-4-3-5-9-15/h3-11,19,22H,2,12-14H2,1H3,(H,21,24)/t19-/m0/s1. The van der Waals surface area contributed by atoms with Crippen LogP contribution in [-0.4, -0.2) is 29.8 Å². The third-order valence-corrected chi connectivity index (χ3v) is 4.31. The fraction of sp³-hybridized carbons (Fsp3) is 0.300. The Morgan fingerprint density at radius 2 is 1.80 bits per heavy atom. The highest BCUT2D eigenvalue weighted by atomic mass is 16.2. The van der Waals surface area contributed by atoms with Crippen molar-refractivity contribution in [3.63, 3.8) is 0 Å². The van der Waals surface area contributed by atoms with Gasteiger partial charge in [0, 0.05) is 24.2 Å². The van der Waals surface area contributed by atoms with Crippen LogP contribution in [-0.2, 0) is 11.3 Å². The second-order valence-electron chi connectivity index (χ2n) is 6.13. The first-order valence-corrected chi connectivity index (χ1v) is 8.64. The van der Waals surface area contributed by atoms with Crippen LogP contribution in [0.2, 0.25) is 0 Å². The molecule has 1 aliphatic heterocycles. The van der Waals surface area contributed by atoms with E-state index in [2.05, 4.69) is 10.6 Å². The minimum Gasteiger partial charge on any atom is -0.351 e. The van der Waals surface area contributed by atoms with Crippen LogP contribution in [0.4, 0.5) is 0 Å². The van der Waals surface area contributed by atoms with E-state index in [0.717, 1.165) is 23.1 Å². The molecule has 0 spiro atoms. The molecule has 0 fully saturated rings. The predicted octanol–water partition coefficient (Wildman–Crippen LogP) is 2.46. The van der Waals surface area contributed by atoms with Crippen molar-refractivity contribution in [1.29, 1.82) is 0 Å². The van der Waals surface area contributed by atoms with Gasteiger partial charge in [-0.1, -0.05) is 55.5 Å². The van der Waals surface area contributed by atoms with Crippen LogP contribution in [0.1, 0.15) is 41.0 Å². The zero-order chi connectivity index (χ0) is 17.6. The molecule has 2 amide bonds. The van der Waals surface area contributed by atoms with Crippen LogP contribution < -0.4 is 10.6 Å². The number of hydrogen-bond acceptors (Lipinski definition) is 3. The molecule has 0 aromatic heterocycles. The highest BCUT2D eigenvalue weighted by Crippen LogP contribution is 2.31. The third-order valence-electron chi connectivity index (χ3n) is 4.31. The van der Waals surface area contributed by atoms with Gasteiger partial charge in [0.15, 0.2) is 0 Å². The molecule has 2 aromatic carbocycles. The first-order chi connectivity index (χ1) is 12.2. The van der Waals surface area contributed by atoms with Crippen molar-refractivity contribution in [2.75, 3.05) is 13.1 Å². The normalized spacial score (nSPS) is 16.0. The maximum atomic E-state index is 12.5. The van der Waals surface area contributed by atoms with Crippen LogP contribution in [0, 0.1) is 0 Å². The first kappa shape index (κ1) is 17.2. The van der Waals surface area contributed by atoms with Crippen LogP contribution >= 0.6 is 0 Å². The van der Waals surface area contributed by atoms with Gasteiger partial charge in [-0.25, -0.2) is 0 Å². The maximum Gasteiger partial charge on any atom is 0.255 e. The van der Waals surface area contributed by atoms with E-state index < -0.39 is 0 Å². The zero-order valence-corrected chi connectivity index (χ0v) is 14.4. The van der Waals surface area contributed by atoms with Gasteiger partial charge in [0.2, 0.25) is 5.91 Å². The summed E-state index contributed by atoms with van der Waals surface area (Å²) in [7, 11) is 0. The van der Waals surface area contributed by atoms with Crippen molar-refractivity contribution in [1.82, 2.24) is 15.5 Å². The van der Waals surface area contributed by atoms with Gasteiger partial charge in [-0.05, 0) is 18.1 Å². The molecule has 5 heteroatoms. The Labute approximate surface area is 148 Å².